The van der Waals surface area contributed by atoms with Crippen LogP contribution in [0.5, 0.6) is 0 Å². The van der Waals surface area contributed by atoms with Gasteiger partial charge >= 0.3 is 12.0 Å². The summed E-state index contributed by atoms with van der Waals surface area (Å²) in [6, 6.07) is -0.232. The molecule has 110 valence electrons. The van der Waals surface area contributed by atoms with Crippen molar-refractivity contribution in [2.24, 2.45) is 5.92 Å². The van der Waals surface area contributed by atoms with E-state index in [4.69, 9.17) is 0 Å². The van der Waals surface area contributed by atoms with Crippen LogP contribution in [-0.2, 0) is 4.79 Å². The quantitative estimate of drug-likeness (QED) is 0.806. The van der Waals surface area contributed by atoms with Crippen molar-refractivity contribution >= 4 is 12.0 Å². The summed E-state index contributed by atoms with van der Waals surface area (Å²) in [5.41, 5.74) is -1.13. The van der Waals surface area contributed by atoms with Gasteiger partial charge in [-0.25, -0.2) is 9.59 Å². The third-order valence-electron chi connectivity index (χ3n) is 4.35. The number of carbonyl (C=O) groups is 2. The summed E-state index contributed by atoms with van der Waals surface area (Å²) in [4.78, 5) is 25.4. The van der Waals surface area contributed by atoms with Crippen molar-refractivity contribution in [3.05, 3.63) is 0 Å². The Labute approximate surface area is 115 Å². The predicted molar refractivity (Wildman–Crippen MR) is 74.1 cm³/mol. The third kappa shape index (κ3) is 3.61. The number of likely N-dealkylation sites (tertiary alicyclic amines) is 1. The zero-order valence-corrected chi connectivity index (χ0v) is 12.2. The van der Waals surface area contributed by atoms with E-state index in [1.807, 2.05) is 0 Å². The largest absolute Gasteiger partial charge is 0.480 e. The molecule has 1 heterocycles. The molecule has 5 heteroatoms. The van der Waals surface area contributed by atoms with Gasteiger partial charge in [0, 0.05) is 13.1 Å². The van der Waals surface area contributed by atoms with Crippen LogP contribution in [0.1, 0.15) is 52.9 Å². The lowest BCUT2D eigenvalue weighted by Crippen LogP contribution is -2.58. The van der Waals surface area contributed by atoms with E-state index in [1.54, 1.807) is 18.7 Å². The van der Waals surface area contributed by atoms with Gasteiger partial charge in [-0.2, -0.15) is 0 Å². The fourth-order valence-corrected chi connectivity index (χ4v) is 2.65. The number of carbonyl (C=O) groups excluding carboxylic acids is 1. The van der Waals surface area contributed by atoms with Gasteiger partial charge in [-0.15, -0.1) is 0 Å². The molecule has 0 saturated carbocycles. The lowest BCUT2D eigenvalue weighted by atomic mass is 9.92. The minimum atomic E-state index is -1.13. The van der Waals surface area contributed by atoms with Gasteiger partial charge in [0.1, 0.15) is 5.54 Å². The Balaban J connectivity index is 2.69. The van der Waals surface area contributed by atoms with E-state index in [0.717, 1.165) is 32.4 Å². The summed E-state index contributed by atoms with van der Waals surface area (Å²) in [7, 11) is 0. The lowest BCUT2D eigenvalue weighted by Gasteiger charge is -2.36. The van der Waals surface area contributed by atoms with Gasteiger partial charge in [0.15, 0.2) is 0 Å². The number of aliphatic carboxylic acids is 1. The summed E-state index contributed by atoms with van der Waals surface area (Å²) >= 11 is 0. The van der Waals surface area contributed by atoms with Gasteiger partial charge in [0.2, 0.25) is 0 Å². The molecule has 2 amide bonds. The van der Waals surface area contributed by atoms with Gasteiger partial charge in [0.05, 0.1) is 0 Å². The number of amides is 2. The first kappa shape index (κ1) is 15.8. The summed E-state index contributed by atoms with van der Waals surface area (Å²) in [6.07, 6.45) is 4.02. The van der Waals surface area contributed by atoms with E-state index in [0.29, 0.717) is 18.8 Å². The van der Waals surface area contributed by atoms with Crippen LogP contribution in [-0.4, -0.2) is 40.6 Å². The molecular weight excluding hydrogens is 244 g/mol. The molecule has 1 atom stereocenters. The van der Waals surface area contributed by atoms with Gasteiger partial charge < -0.3 is 15.3 Å². The first-order valence-corrected chi connectivity index (χ1v) is 7.29. The Morgan fingerprint density at radius 3 is 2.42 bits per heavy atom. The van der Waals surface area contributed by atoms with E-state index >= 15 is 0 Å². The van der Waals surface area contributed by atoms with Crippen LogP contribution < -0.4 is 5.32 Å². The molecule has 1 rings (SSSR count). The lowest BCUT2D eigenvalue weighted by molar-refractivity contribution is -0.144. The maximum Gasteiger partial charge on any atom is 0.329 e. The van der Waals surface area contributed by atoms with Crippen LogP contribution >= 0.6 is 0 Å². The Morgan fingerprint density at radius 1 is 1.32 bits per heavy atom. The van der Waals surface area contributed by atoms with Gasteiger partial charge in [-0.1, -0.05) is 27.2 Å². The van der Waals surface area contributed by atoms with E-state index in [-0.39, 0.29) is 6.03 Å². The Morgan fingerprint density at radius 2 is 1.95 bits per heavy atom. The Kier molecular flexibility index (Phi) is 5.63. The third-order valence-corrected chi connectivity index (χ3v) is 4.35. The standard InChI is InChI=1S/C14H26N2O3/c1-4-11-8-7-9-16(10-11)13(19)15-14(5-2,6-3)12(17)18/h11H,4-10H2,1-3H3,(H,15,19)(H,17,18). The molecule has 0 bridgehead atoms. The topological polar surface area (TPSA) is 69.6 Å². The number of carboxylic acid groups (broad SMARTS) is 1. The molecule has 0 aromatic rings. The van der Waals surface area contributed by atoms with Gasteiger partial charge in [-0.05, 0) is 31.6 Å². The molecule has 0 aromatic carbocycles. The van der Waals surface area contributed by atoms with Crippen LogP contribution in [0.3, 0.4) is 0 Å². The van der Waals surface area contributed by atoms with Crippen LogP contribution in [0.25, 0.3) is 0 Å². The second-order valence-corrected chi connectivity index (χ2v) is 5.39. The number of urea groups is 1. The summed E-state index contributed by atoms with van der Waals surface area (Å²) < 4.78 is 0. The summed E-state index contributed by atoms with van der Waals surface area (Å²) in [5, 5.41) is 12.1. The highest BCUT2D eigenvalue weighted by atomic mass is 16.4. The second kappa shape index (κ2) is 6.78. The minimum absolute atomic E-state index is 0.232. The molecule has 1 aliphatic heterocycles. The molecule has 5 nitrogen and oxygen atoms in total. The SMILES string of the molecule is CCC1CCCN(C(=O)NC(CC)(CC)C(=O)O)C1. The highest BCUT2D eigenvalue weighted by Crippen LogP contribution is 2.21. The highest BCUT2D eigenvalue weighted by Gasteiger charge is 2.38. The minimum Gasteiger partial charge on any atom is -0.480 e. The normalized spacial score (nSPS) is 20.2. The van der Waals surface area contributed by atoms with Crippen molar-refractivity contribution < 1.29 is 14.7 Å². The van der Waals surface area contributed by atoms with Crippen molar-refractivity contribution in [1.29, 1.82) is 0 Å². The molecule has 1 saturated heterocycles. The Bertz CT molecular complexity index is 327. The summed E-state index contributed by atoms with van der Waals surface area (Å²) in [5.74, 6) is -0.406. The number of hydrogen-bond donors (Lipinski definition) is 2. The van der Waals surface area contributed by atoms with Crippen LogP contribution in [0.4, 0.5) is 4.79 Å². The van der Waals surface area contributed by atoms with Crippen molar-refractivity contribution in [1.82, 2.24) is 10.2 Å². The Hall–Kier alpha value is -1.26. The number of nitrogens with one attached hydrogen (secondary N) is 1. The molecule has 1 fully saturated rings. The molecule has 0 aromatic heterocycles. The molecule has 1 unspecified atom stereocenters. The zero-order chi connectivity index (χ0) is 14.5. The first-order valence-electron chi connectivity index (χ1n) is 7.29. The highest BCUT2D eigenvalue weighted by molar-refractivity contribution is 5.86. The number of hydrogen-bond acceptors (Lipinski definition) is 2. The molecule has 0 radical (unpaired) electrons. The molecule has 1 aliphatic rings. The van der Waals surface area contributed by atoms with Gasteiger partial charge in [-0.3, -0.25) is 0 Å². The fraction of sp³-hybridized carbons (Fsp3) is 0.857. The van der Waals surface area contributed by atoms with E-state index in [9.17, 15) is 14.7 Å². The monoisotopic (exact) mass is 270 g/mol. The van der Waals surface area contributed by atoms with Crippen LogP contribution in [0.2, 0.25) is 0 Å². The maximum absolute atomic E-state index is 12.2. The van der Waals surface area contributed by atoms with E-state index < -0.39 is 11.5 Å². The summed E-state index contributed by atoms with van der Waals surface area (Å²) in [6.45, 7) is 7.19. The molecule has 0 spiro atoms. The zero-order valence-electron chi connectivity index (χ0n) is 12.2. The average Bonchev–Trinajstić information content (AvgIpc) is 2.44. The van der Waals surface area contributed by atoms with Gasteiger partial charge in [0.25, 0.3) is 0 Å². The van der Waals surface area contributed by atoms with Crippen LogP contribution in [0, 0.1) is 5.92 Å². The average molecular weight is 270 g/mol. The second-order valence-electron chi connectivity index (χ2n) is 5.39. The van der Waals surface area contributed by atoms with Crippen molar-refractivity contribution in [3.63, 3.8) is 0 Å². The molecule has 19 heavy (non-hydrogen) atoms. The van der Waals surface area contributed by atoms with Crippen molar-refractivity contribution in [2.45, 2.75) is 58.4 Å². The first-order chi connectivity index (χ1) is 8.99. The van der Waals surface area contributed by atoms with E-state index in [1.165, 1.54) is 0 Å². The number of rotatable bonds is 5. The van der Waals surface area contributed by atoms with E-state index in [2.05, 4.69) is 12.2 Å². The van der Waals surface area contributed by atoms with Crippen LogP contribution in [0.15, 0.2) is 0 Å². The predicted octanol–water partition coefficient (Wildman–Crippen LogP) is 2.46. The number of nitrogens with zero attached hydrogens (tertiary/aromatic N) is 1. The maximum atomic E-state index is 12.2. The smallest absolute Gasteiger partial charge is 0.329 e. The van der Waals surface area contributed by atoms with Crippen molar-refractivity contribution in [2.75, 3.05) is 13.1 Å². The number of piperidine rings is 1. The van der Waals surface area contributed by atoms with Crippen molar-refractivity contribution in [3.8, 4) is 0 Å². The molecular formula is C14H26N2O3. The number of carboxylic acids is 1. The fourth-order valence-electron chi connectivity index (χ4n) is 2.65. The molecule has 0 aliphatic carbocycles. The molecule has 2 N–H and O–H groups in total.